The molecule has 0 aromatic rings. The van der Waals surface area contributed by atoms with Crippen LogP contribution in [0.3, 0.4) is 0 Å². The van der Waals surface area contributed by atoms with Gasteiger partial charge in [-0.1, -0.05) is 20.3 Å². The van der Waals surface area contributed by atoms with Crippen molar-refractivity contribution in [2.75, 3.05) is 13.1 Å². The molecule has 1 aliphatic carbocycles. The number of rotatable bonds is 2. The number of nitrogens with two attached hydrogens (primary N) is 1. The molecule has 0 aromatic carbocycles. The van der Waals surface area contributed by atoms with Gasteiger partial charge in [0, 0.05) is 25.0 Å². The highest BCUT2D eigenvalue weighted by atomic mass is 16.2. The molecule has 4 unspecified atom stereocenters. The lowest BCUT2D eigenvalue weighted by atomic mass is 9.76. The second-order valence-electron chi connectivity index (χ2n) is 5.81. The van der Waals surface area contributed by atoms with Gasteiger partial charge in [0.05, 0.1) is 0 Å². The van der Waals surface area contributed by atoms with E-state index in [1.54, 1.807) is 4.90 Å². The van der Waals surface area contributed by atoms with Crippen LogP contribution >= 0.6 is 0 Å². The average Bonchev–Trinajstić information content (AvgIpc) is 2.41. The van der Waals surface area contributed by atoms with Crippen LogP contribution < -0.4 is 11.1 Å². The van der Waals surface area contributed by atoms with Crippen molar-refractivity contribution in [2.24, 2.45) is 17.6 Å². The first-order chi connectivity index (χ1) is 9.06. The maximum Gasteiger partial charge on any atom is 0.242 e. The van der Waals surface area contributed by atoms with Crippen LogP contribution in [0.25, 0.3) is 0 Å². The van der Waals surface area contributed by atoms with Crippen molar-refractivity contribution in [1.29, 1.82) is 0 Å². The first-order valence-corrected chi connectivity index (χ1v) is 7.40. The molecule has 5 nitrogen and oxygen atoms in total. The number of hydrogen-bond acceptors (Lipinski definition) is 3. The van der Waals surface area contributed by atoms with Gasteiger partial charge in [0.25, 0.3) is 0 Å². The Hall–Kier alpha value is -1.10. The largest absolute Gasteiger partial charge is 0.353 e. The van der Waals surface area contributed by atoms with Crippen LogP contribution in [-0.2, 0) is 9.59 Å². The van der Waals surface area contributed by atoms with Gasteiger partial charge in [-0.15, -0.1) is 0 Å². The Morgan fingerprint density at radius 3 is 2.89 bits per heavy atom. The predicted molar refractivity (Wildman–Crippen MR) is 73.3 cm³/mol. The molecular weight excluding hydrogens is 242 g/mol. The molecule has 5 heteroatoms. The second kappa shape index (κ2) is 5.90. The van der Waals surface area contributed by atoms with Gasteiger partial charge in [-0.2, -0.15) is 0 Å². The Kier molecular flexibility index (Phi) is 4.45. The van der Waals surface area contributed by atoms with Crippen LogP contribution in [0.4, 0.5) is 0 Å². The number of nitrogens with one attached hydrogen (secondary N) is 1. The molecule has 2 fully saturated rings. The molecule has 0 bridgehead atoms. The maximum atomic E-state index is 12.7. The Balaban J connectivity index is 2.11. The first-order valence-electron chi connectivity index (χ1n) is 7.40. The molecule has 108 valence electrons. The topological polar surface area (TPSA) is 75.4 Å². The minimum Gasteiger partial charge on any atom is -0.353 e. The molecule has 2 aliphatic rings. The lowest BCUT2D eigenvalue weighted by Crippen LogP contribution is -2.59. The van der Waals surface area contributed by atoms with Gasteiger partial charge < -0.3 is 16.0 Å². The minimum atomic E-state index is -0.299. The van der Waals surface area contributed by atoms with E-state index in [1.165, 1.54) is 0 Å². The van der Waals surface area contributed by atoms with E-state index in [4.69, 9.17) is 5.73 Å². The summed E-state index contributed by atoms with van der Waals surface area (Å²) in [4.78, 5) is 26.3. The minimum absolute atomic E-state index is 0.0105. The Bertz CT molecular complexity index is 359. The standard InChI is InChI=1S/C14H25N3O2/c1-3-12-13(18)16-7-8-17(12)14(19)10-5-4-6-11(15)9(10)2/h9-12H,3-8,15H2,1-2H3,(H,16,18). The summed E-state index contributed by atoms with van der Waals surface area (Å²) in [5.74, 6) is 0.312. The third-order valence-corrected chi connectivity index (χ3v) is 4.68. The third-order valence-electron chi connectivity index (χ3n) is 4.68. The molecule has 1 aliphatic heterocycles. The van der Waals surface area contributed by atoms with Crippen LogP contribution in [-0.4, -0.2) is 41.9 Å². The fourth-order valence-corrected chi connectivity index (χ4v) is 3.34. The van der Waals surface area contributed by atoms with Crippen LogP contribution in [0.2, 0.25) is 0 Å². The summed E-state index contributed by atoms with van der Waals surface area (Å²) in [5.41, 5.74) is 6.08. The molecule has 0 spiro atoms. The van der Waals surface area contributed by atoms with Crippen LogP contribution in [0.5, 0.6) is 0 Å². The third kappa shape index (κ3) is 2.76. The summed E-state index contributed by atoms with van der Waals surface area (Å²) in [7, 11) is 0. The van der Waals surface area contributed by atoms with E-state index < -0.39 is 0 Å². The van der Waals surface area contributed by atoms with Gasteiger partial charge in [-0.3, -0.25) is 9.59 Å². The van der Waals surface area contributed by atoms with Crippen LogP contribution in [0.1, 0.15) is 39.5 Å². The zero-order valence-electron chi connectivity index (χ0n) is 11.9. The lowest BCUT2D eigenvalue weighted by Gasteiger charge is -2.40. The van der Waals surface area contributed by atoms with Crippen molar-refractivity contribution in [2.45, 2.75) is 51.6 Å². The number of carbonyl (C=O) groups is 2. The first kappa shape index (κ1) is 14.3. The predicted octanol–water partition coefficient (Wildman–Crippen LogP) is 0.487. The Labute approximate surface area is 114 Å². The summed E-state index contributed by atoms with van der Waals surface area (Å²) >= 11 is 0. The van der Waals surface area contributed by atoms with Crippen LogP contribution in [0.15, 0.2) is 0 Å². The fourth-order valence-electron chi connectivity index (χ4n) is 3.34. The van der Waals surface area contributed by atoms with Crippen molar-refractivity contribution in [3.05, 3.63) is 0 Å². The van der Waals surface area contributed by atoms with Crippen molar-refractivity contribution >= 4 is 11.8 Å². The van der Waals surface area contributed by atoms with Crippen molar-refractivity contribution < 1.29 is 9.59 Å². The molecule has 4 atom stereocenters. The Morgan fingerprint density at radius 1 is 1.47 bits per heavy atom. The van der Waals surface area contributed by atoms with Gasteiger partial charge in [-0.25, -0.2) is 0 Å². The van der Waals surface area contributed by atoms with E-state index in [2.05, 4.69) is 12.2 Å². The van der Waals surface area contributed by atoms with Crippen LogP contribution in [0, 0.1) is 11.8 Å². The summed E-state index contributed by atoms with van der Waals surface area (Å²) < 4.78 is 0. The van der Waals surface area contributed by atoms with Crippen molar-refractivity contribution in [3.8, 4) is 0 Å². The zero-order valence-corrected chi connectivity index (χ0v) is 11.9. The van der Waals surface area contributed by atoms with E-state index in [0.717, 1.165) is 19.3 Å². The highest BCUT2D eigenvalue weighted by molar-refractivity contribution is 5.89. The quantitative estimate of drug-likeness (QED) is 0.764. The molecule has 2 rings (SSSR count). The second-order valence-corrected chi connectivity index (χ2v) is 5.81. The maximum absolute atomic E-state index is 12.7. The molecule has 0 radical (unpaired) electrons. The fraction of sp³-hybridized carbons (Fsp3) is 0.857. The molecule has 1 heterocycles. The number of amides is 2. The molecule has 2 amide bonds. The summed E-state index contributed by atoms with van der Waals surface area (Å²) in [6, 6.07) is -0.187. The van der Waals surface area contributed by atoms with Gasteiger partial charge in [-0.05, 0) is 25.2 Å². The van der Waals surface area contributed by atoms with E-state index in [0.29, 0.717) is 19.5 Å². The highest BCUT2D eigenvalue weighted by Gasteiger charge is 2.39. The van der Waals surface area contributed by atoms with Crippen molar-refractivity contribution in [3.63, 3.8) is 0 Å². The molecule has 3 N–H and O–H groups in total. The van der Waals surface area contributed by atoms with Gasteiger partial charge in [0.1, 0.15) is 6.04 Å². The van der Waals surface area contributed by atoms with E-state index in [-0.39, 0.29) is 35.7 Å². The van der Waals surface area contributed by atoms with E-state index in [9.17, 15) is 9.59 Å². The molecule has 19 heavy (non-hydrogen) atoms. The number of nitrogens with zero attached hydrogens (tertiary/aromatic N) is 1. The summed E-state index contributed by atoms with van der Waals surface area (Å²) in [5, 5.41) is 2.83. The lowest BCUT2D eigenvalue weighted by molar-refractivity contribution is -0.148. The molecule has 1 saturated carbocycles. The van der Waals surface area contributed by atoms with E-state index in [1.807, 2.05) is 6.92 Å². The SMILES string of the molecule is CCC1C(=O)NCCN1C(=O)C1CCCC(N)C1C. The summed E-state index contributed by atoms with van der Waals surface area (Å²) in [6.45, 7) is 5.21. The number of piperazine rings is 1. The van der Waals surface area contributed by atoms with Crippen molar-refractivity contribution in [1.82, 2.24) is 10.2 Å². The normalized spacial score (nSPS) is 35.9. The van der Waals surface area contributed by atoms with Gasteiger partial charge >= 0.3 is 0 Å². The highest BCUT2D eigenvalue weighted by Crippen LogP contribution is 2.31. The molecular formula is C14H25N3O2. The monoisotopic (exact) mass is 267 g/mol. The summed E-state index contributed by atoms with van der Waals surface area (Å²) in [6.07, 6.45) is 3.59. The number of hydrogen-bond donors (Lipinski definition) is 2. The molecule has 0 aromatic heterocycles. The Morgan fingerprint density at radius 2 is 2.21 bits per heavy atom. The average molecular weight is 267 g/mol. The number of carbonyl (C=O) groups excluding carboxylic acids is 2. The van der Waals surface area contributed by atoms with Gasteiger partial charge in [0.15, 0.2) is 0 Å². The van der Waals surface area contributed by atoms with E-state index >= 15 is 0 Å². The van der Waals surface area contributed by atoms with Gasteiger partial charge in [0.2, 0.25) is 11.8 Å². The smallest absolute Gasteiger partial charge is 0.242 e. The zero-order chi connectivity index (χ0) is 14.0. The molecule has 1 saturated heterocycles.